The van der Waals surface area contributed by atoms with Gasteiger partial charge in [-0.05, 0) is 42.9 Å². The van der Waals surface area contributed by atoms with E-state index in [1.807, 2.05) is 36.0 Å². The second-order valence-corrected chi connectivity index (χ2v) is 5.61. The molecule has 0 fully saturated rings. The van der Waals surface area contributed by atoms with Gasteiger partial charge in [0.2, 0.25) is 5.91 Å². The van der Waals surface area contributed by atoms with E-state index in [-0.39, 0.29) is 5.91 Å². The molecule has 100 valence electrons. The van der Waals surface area contributed by atoms with Gasteiger partial charge in [0.1, 0.15) is 0 Å². The fourth-order valence-corrected chi connectivity index (χ4v) is 2.56. The van der Waals surface area contributed by atoms with Crippen molar-refractivity contribution in [3.8, 4) is 0 Å². The number of rotatable bonds is 8. The van der Waals surface area contributed by atoms with Crippen LogP contribution in [0.25, 0.3) is 0 Å². The first kappa shape index (κ1) is 15.3. The van der Waals surface area contributed by atoms with Gasteiger partial charge in [-0.3, -0.25) is 10.0 Å². The van der Waals surface area contributed by atoms with Crippen LogP contribution in [0.4, 0.5) is 0 Å². The van der Waals surface area contributed by atoms with Gasteiger partial charge in [-0.1, -0.05) is 24.4 Å². The van der Waals surface area contributed by atoms with E-state index in [0.29, 0.717) is 6.42 Å². The third-order valence-electron chi connectivity index (χ3n) is 2.51. The van der Waals surface area contributed by atoms with Crippen LogP contribution in [0.15, 0.2) is 29.2 Å². The van der Waals surface area contributed by atoms with Crippen LogP contribution in [-0.2, 0) is 4.79 Å². The lowest BCUT2D eigenvalue weighted by Gasteiger charge is -2.02. The van der Waals surface area contributed by atoms with E-state index in [1.54, 1.807) is 5.48 Å². The molecule has 1 aromatic rings. The standard InChI is InChI=1S/C13H18ClNO2S/c14-11-6-8-12(9-7-11)18-10-4-2-1-3-5-13(16)15-17/h6-9,17H,1-5,10H2,(H,15,16). The third-order valence-corrected chi connectivity index (χ3v) is 3.86. The summed E-state index contributed by atoms with van der Waals surface area (Å²) in [5, 5.41) is 9.07. The maximum absolute atomic E-state index is 10.7. The number of carbonyl (C=O) groups is 1. The van der Waals surface area contributed by atoms with Crippen LogP contribution in [-0.4, -0.2) is 16.9 Å². The molecule has 0 saturated heterocycles. The number of halogens is 1. The minimum Gasteiger partial charge on any atom is -0.289 e. The summed E-state index contributed by atoms with van der Waals surface area (Å²) < 4.78 is 0. The third kappa shape index (κ3) is 6.89. The van der Waals surface area contributed by atoms with Crippen molar-refractivity contribution in [2.75, 3.05) is 5.75 Å². The molecule has 2 N–H and O–H groups in total. The molecule has 0 aliphatic heterocycles. The summed E-state index contributed by atoms with van der Waals surface area (Å²) in [4.78, 5) is 12.0. The molecule has 0 saturated carbocycles. The molecule has 1 aromatic carbocycles. The SMILES string of the molecule is O=C(CCCCCCSc1ccc(Cl)cc1)NO. The van der Waals surface area contributed by atoms with Crippen LogP contribution in [0, 0.1) is 0 Å². The van der Waals surface area contributed by atoms with E-state index in [1.165, 1.54) is 4.90 Å². The maximum atomic E-state index is 10.7. The Bertz CT molecular complexity index is 357. The van der Waals surface area contributed by atoms with Gasteiger partial charge < -0.3 is 0 Å². The monoisotopic (exact) mass is 287 g/mol. The fourth-order valence-electron chi connectivity index (χ4n) is 1.52. The van der Waals surface area contributed by atoms with Crippen LogP contribution >= 0.6 is 23.4 Å². The second-order valence-electron chi connectivity index (χ2n) is 4.00. The Labute approximate surface area is 117 Å². The Balaban J connectivity index is 1.99. The highest BCUT2D eigenvalue weighted by Crippen LogP contribution is 2.21. The highest BCUT2D eigenvalue weighted by atomic mass is 35.5. The van der Waals surface area contributed by atoms with Crippen LogP contribution in [0.5, 0.6) is 0 Å². The molecule has 1 rings (SSSR count). The number of unbranched alkanes of at least 4 members (excludes halogenated alkanes) is 3. The van der Waals surface area contributed by atoms with Gasteiger partial charge in [0.15, 0.2) is 0 Å². The highest BCUT2D eigenvalue weighted by molar-refractivity contribution is 7.99. The van der Waals surface area contributed by atoms with Crippen LogP contribution in [0.1, 0.15) is 32.1 Å². The Morgan fingerprint density at radius 3 is 2.50 bits per heavy atom. The summed E-state index contributed by atoms with van der Waals surface area (Å²) in [5.74, 6) is 0.777. The molecule has 0 atom stereocenters. The first-order chi connectivity index (χ1) is 8.72. The molecule has 0 aliphatic rings. The molecular weight excluding hydrogens is 270 g/mol. The quantitative estimate of drug-likeness (QED) is 0.330. The van der Waals surface area contributed by atoms with Gasteiger partial charge in [0, 0.05) is 16.3 Å². The topological polar surface area (TPSA) is 49.3 Å². The number of nitrogens with one attached hydrogen (secondary N) is 1. The number of thioether (sulfide) groups is 1. The lowest BCUT2D eigenvalue weighted by atomic mass is 10.1. The summed E-state index contributed by atoms with van der Waals surface area (Å²) in [7, 11) is 0. The molecular formula is C13H18ClNO2S. The van der Waals surface area contributed by atoms with Crippen molar-refractivity contribution in [1.82, 2.24) is 5.48 Å². The Hall–Kier alpha value is -0.710. The average Bonchev–Trinajstić information content (AvgIpc) is 2.39. The molecule has 0 aromatic heterocycles. The Kier molecular flexibility index (Phi) is 7.89. The van der Waals surface area contributed by atoms with E-state index in [2.05, 4.69) is 0 Å². The number of benzene rings is 1. The molecule has 5 heteroatoms. The van der Waals surface area contributed by atoms with Crippen LogP contribution in [0.3, 0.4) is 0 Å². The van der Waals surface area contributed by atoms with Crippen molar-refractivity contribution >= 4 is 29.3 Å². The lowest BCUT2D eigenvalue weighted by molar-refractivity contribution is -0.129. The van der Waals surface area contributed by atoms with Crippen molar-refractivity contribution in [1.29, 1.82) is 0 Å². The Morgan fingerprint density at radius 2 is 1.83 bits per heavy atom. The largest absolute Gasteiger partial charge is 0.289 e. The number of hydroxylamine groups is 1. The maximum Gasteiger partial charge on any atom is 0.243 e. The zero-order valence-electron chi connectivity index (χ0n) is 10.2. The first-order valence-electron chi connectivity index (χ1n) is 6.03. The molecule has 0 heterocycles. The normalized spacial score (nSPS) is 10.3. The molecule has 0 radical (unpaired) electrons. The van der Waals surface area contributed by atoms with Crippen molar-refractivity contribution < 1.29 is 10.0 Å². The molecule has 3 nitrogen and oxygen atoms in total. The number of carbonyl (C=O) groups excluding carboxylic acids is 1. The predicted molar refractivity (Wildman–Crippen MR) is 75.2 cm³/mol. The summed E-state index contributed by atoms with van der Waals surface area (Å²) in [5.41, 5.74) is 1.64. The van der Waals surface area contributed by atoms with Crippen molar-refractivity contribution in [3.05, 3.63) is 29.3 Å². The van der Waals surface area contributed by atoms with E-state index < -0.39 is 0 Å². The van der Waals surface area contributed by atoms with Gasteiger partial charge in [0.25, 0.3) is 0 Å². The van der Waals surface area contributed by atoms with E-state index in [9.17, 15) is 4.79 Å². The lowest BCUT2D eigenvalue weighted by Crippen LogP contribution is -2.17. The summed E-state index contributed by atoms with van der Waals surface area (Å²) in [6, 6.07) is 7.85. The molecule has 0 aliphatic carbocycles. The molecule has 18 heavy (non-hydrogen) atoms. The smallest absolute Gasteiger partial charge is 0.243 e. The van der Waals surface area contributed by atoms with Gasteiger partial charge in [-0.2, -0.15) is 0 Å². The van der Waals surface area contributed by atoms with Crippen molar-refractivity contribution in [2.45, 2.75) is 37.0 Å². The molecule has 0 unspecified atom stereocenters. The zero-order valence-corrected chi connectivity index (χ0v) is 11.8. The average molecular weight is 288 g/mol. The van der Waals surface area contributed by atoms with E-state index in [4.69, 9.17) is 16.8 Å². The summed E-state index contributed by atoms with van der Waals surface area (Å²) >= 11 is 7.63. The number of hydrogen-bond acceptors (Lipinski definition) is 3. The molecule has 0 spiro atoms. The minimum absolute atomic E-state index is 0.300. The summed E-state index contributed by atoms with van der Waals surface area (Å²) in [6.07, 6.45) is 4.50. The molecule has 1 amide bonds. The van der Waals surface area contributed by atoms with Gasteiger partial charge in [0.05, 0.1) is 0 Å². The second kappa shape index (κ2) is 9.25. The number of hydrogen-bond donors (Lipinski definition) is 2. The van der Waals surface area contributed by atoms with E-state index >= 15 is 0 Å². The minimum atomic E-state index is -0.300. The first-order valence-corrected chi connectivity index (χ1v) is 7.40. The van der Waals surface area contributed by atoms with Gasteiger partial charge in [-0.15, -0.1) is 11.8 Å². The van der Waals surface area contributed by atoms with E-state index in [0.717, 1.165) is 36.5 Å². The predicted octanol–water partition coefficient (Wildman–Crippen LogP) is 3.89. The fraction of sp³-hybridized carbons (Fsp3) is 0.462. The number of amides is 1. The van der Waals surface area contributed by atoms with Crippen LogP contribution in [0.2, 0.25) is 5.02 Å². The Morgan fingerprint density at radius 1 is 1.17 bits per heavy atom. The zero-order chi connectivity index (χ0) is 13.2. The van der Waals surface area contributed by atoms with Crippen molar-refractivity contribution in [2.24, 2.45) is 0 Å². The van der Waals surface area contributed by atoms with Gasteiger partial charge in [-0.25, -0.2) is 5.48 Å². The van der Waals surface area contributed by atoms with Crippen molar-refractivity contribution in [3.63, 3.8) is 0 Å². The highest BCUT2D eigenvalue weighted by Gasteiger charge is 1.98. The molecule has 0 bridgehead atoms. The summed E-state index contributed by atoms with van der Waals surface area (Å²) in [6.45, 7) is 0. The van der Waals surface area contributed by atoms with Gasteiger partial charge >= 0.3 is 0 Å². The van der Waals surface area contributed by atoms with Crippen LogP contribution < -0.4 is 5.48 Å².